The Kier molecular flexibility index (Phi) is 64.3. The van der Waals surface area contributed by atoms with Crippen LogP contribution in [-0.2, 0) is 19.1 Å². The van der Waals surface area contributed by atoms with Gasteiger partial charge in [-0.3, -0.25) is 9.59 Å². The smallest absolute Gasteiger partial charge is 0.306 e. The molecule has 1 atom stereocenters. The van der Waals surface area contributed by atoms with Crippen molar-refractivity contribution in [1.82, 2.24) is 0 Å². The Morgan fingerprint density at radius 3 is 0.844 bits per heavy atom. The third-order valence-corrected chi connectivity index (χ3v) is 14.6. The van der Waals surface area contributed by atoms with Gasteiger partial charge in [-0.1, -0.05) is 336 Å². The molecule has 0 aliphatic rings. The summed E-state index contributed by atoms with van der Waals surface area (Å²) in [4.78, 5) is 24.6. The van der Waals surface area contributed by atoms with E-state index in [1.807, 2.05) is 0 Å². The highest BCUT2D eigenvalue weighted by molar-refractivity contribution is 5.70. The quantitative estimate of drug-likeness (QED) is 0.0373. The van der Waals surface area contributed by atoms with E-state index in [-0.39, 0.29) is 25.2 Å². The zero-order chi connectivity index (χ0) is 55.5. The van der Waals surface area contributed by atoms with Crippen molar-refractivity contribution < 1.29 is 24.2 Å². The van der Waals surface area contributed by atoms with Gasteiger partial charge in [0, 0.05) is 12.8 Å². The molecule has 77 heavy (non-hydrogen) atoms. The molecule has 0 rings (SSSR count). The maximum absolute atomic E-state index is 12.3. The number of carbonyl (C=O) groups excluding carboxylic acids is 2. The molecule has 1 N–H and O–H groups in total. The van der Waals surface area contributed by atoms with Crippen molar-refractivity contribution in [3.8, 4) is 0 Å². The van der Waals surface area contributed by atoms with Crippen LogP contribution in [0.3, 0.4) is 0 Å². The first kappa shape index (κ1) is 73.8. The summed E-state index contributed by atoms with van der Waals surface area (Å²) < 4.78 is 10.7. The van der Waals surface area contributed by atoms with Gasteiger partial charge in [-0.15, -0.1) is 0 Å². The molecular weight excluding hydrogens is 945 g/mol. The second kappa shape index (κ2) is 67.1. The number of aliphatic hydroxyl groups excluding tert-OH is 1. The Balaban J connectivity index is 3.49. The van der Waals surface area contributed by atoms with Crippen molar-refractivity contribution >= 4 is 11.9 Å². The Morgan fingerprint density at radius 1 is 0.312 bits per heavy atom. The van der Waals surface area contributed by atoms with Gasteiger partial charge in [0.1, 0.15) is 6.61 Å². The van der Waals surface area contributed by atoms with Gasteiger partial charge in [0.2, 0.25) is 0 Å². The molecule has 1 unspecified atom stereocenters. The van der Waals surface area contributed by atoms with Crippen LogP contribution in [0.1, 0.15) is 328 Å². The highest BCUT2D eigenvalue weighted by Crippen LogP contribution is 2.18. The summed E-state index contributed by atoms with van der Waals surface area (Å²) in [5, 5.41) is 9.68. The van der Waals surface area contributed by atoms with Gasteiger partial charge in [0.15, 0.2) is 6.10 Å². The van der Waals surface area contributed by atoms with E-state index in [0.717, 1.165) is 103 Å². The monoisotopic (exact) mass is 1070 g/mol. The number of hydrogen-bond acceptors (Lipinski definition) is 5. The van der Waals surface area contributed by atoms with E-state index in [0.29, 0.717) is 12.8 Å². The summed E-state index contributed by atoms with van der Waals surface area (Å²) in [6.45, 7) is 4.04. The summed E-state index contributed by atoms with van der Waals surface area (Å²) in [6, 6.07) is 0. The van der Waals surface area contributed by atoms with Crippen LogP contribution in [0.4, 0.5) is 0 Å². The molecule has 0 aliphatic carbocycles. The second-order valence-electron chi connectivity index (χ2n) is 22.2. The number of unbranched alkanes of at least 4 members (excludes halogenated alkanes) is 37. The first-order valence-corrected chi connectivity index (χ1v) is 33.3. The molecular formula is C72H126O5. The van der Waals surface area contributed by atoms with Gasteiger partial charge in [-0.2, -0.15) is 0 Å². The number of allylic oxidation sites excluding steroid dienone is 16. The van der Waals surface area contributed by atoms with Gasteiger partial charge in [-0.05, 0) is 77.0 Å². The maximum Gasteiger partial charge on any atom is 0.306 e. The van der Waals surface area contributed by atoms with Gasteiger partial charge in [-0.25, -0.2) is 0 Å². The summed E-state index contributed by atoms with van der Waals surface area (Å²) in [7, 11) is 0. The van der Waals surface area contributed by atoms with E-state index in [4.69, 9.17) is 9.47 Å². The van der Waals surface area contributed by atoms with Crippen molar-refractivity contribution in [1.29, 1.82) is 0 Å². The van der Waals surface area contributed by atoms with Crippen LogP contribution in [0.25, 0.3) is 0 Å². The number of aliphatic hydroxyl groups is 1. The standard InChI is InChI=1S/C72H126O5/c1-3-5-7-9-11-13-15-17-19-21-23-25-27-29-31-33-34-35-36-37-39-40-42-44-46-48-50-52-54-56-58-60-62-64-66-71(74)76-69-70(68-73)77-72(75)67-65-63-61-59-57-55-53-51-49-47-45-43-41-38-32-30-28-26-24-22-20-18-16-14-12-10-8-6-4-2/h6,8,12,14,18,20,24,26,30,32,41,43,47,49,53,55,70,73H,3-5,7,9-11,13,15-17,19,21-23,25,27-29,31,33-40,42,44-46,48,50-52,54,56-69H2,1-2H3/b8-6-,14-12-,20-18-,26-24-,32-30-,43-41-,49-47-,55-53-. The minimum Gasteiger partial charge on any atom is -0.462 e. The predicted molar refractivity (Wildman–Crippen MR) is 339 cm³/mol. The van der Waals surface area contributed by atoms with Crippen LogP contribution < -0.4 is 0 Å². The van der Waals surface area contributed by atoms with Crippen LogP contribution in [-0.4, -0.2) is 36.4 Å². The van der Waals surface area contributed by atoms with E-state index >= 15 is 0 Å². The Labute approximate surface area is 478 Å². The normalized spacial score (nSPS) is 12.8. The van der Waals surface area contributed by atoms with E-state index in [1.165, 1.54) is 199 Å². The molecule has 0 aromatic heterocycles. The molecule has 0 amide bonds. The average Bonchev–Trinajstić information content (AvgIpc) is 3.43. The first-order chi connectivity index (χ1) is 38.1. The summed E-state index contributed by atoms with van der Waals surface area (Å²) >= 11 is 0. The fourth-order valence-electron chi connectivity index (χ4n) is 9.69. The number of carbonyl (C=O) groups is 2. The highest BCUT2D eigenvalue weighted by Gasteiger charge is 2.16. The summed E-state index contributed by atoms with van der Waals surface area (Å²) in [5.74, 6) is -0.612. The van der Waals surface area contributed by atoms with Crippen molar-refractivity contribution in [2.45, 2.75) is 335 Å². The number of rotatable bonds is 61. The zero-order valence-corrected chi connectivity index (χ0v) is 51.0. The van der Waals surface area contributed by atoms with Crippen molar-refractivity contribution in [2.75, 3.05) is 13.2 Å². The van der Waals surface area contributed by atoms with Crippen molar-refractivity contribution in [3.63, 3.8) is 0 Å². The molecule has 0 saturated heterocycles. The molecule has 0 fully saturated rings. The highest BCUT2D eigenvalue weighted by atomic mass is 16.6. The largest absolute Gasteiger partial charge is 0.462 e. The number of ether oxygens (including phenoxy) is 2. The topological polar surface area (TPSA) is 72.8 Å². The van der Waals surface area contributed by atoms with Crippen LogP contribution in [0, 0.1) is 0 Å². The first-order valence-electron chi connectivity index (χ1n) is 33.3. The van der Waals surface area contributed by atoms with Gasteiger partial charge in [0.25, 0.3) is 0 Å². The fourth-order valence-corrected chi connectivity index (χ4v) is 9.69. The van der Waals surface area contributed by atoms with E-state index in [2.05, 4.69) is 111 Å². The third kappa shape index (κ3) is 65.2. The van der Waals surface area contributed by atoms with Crippen LogP contribution in [0.2, 0.25) is 0 Å². The third-order valence-electron chi connectivity index (χ3n) is 14.6. The molecule has 0 aromatic carbocycles. The fraction of sp³-hybridized carbons (Fsp3) is 0.750. The lowest BCUT2D eigenvalue weighted by molar-refractivity contribution is -0.161. The van der Waals surface area contributed by atoms with E-state index in [1.54, 1.807) is 0 Å². The molecule has 0 heterocycles. The number of hydrogen-bond donors (Lipinski definition) is 1. The molecule has 0 radical (unpaired) electrons. The average molecular weight is 1070 g/mol. The van der Waals surface area contributed by atoms with Crippen LogP contribution >= 0.6 is 0 Å². The lowest BCUT2D eigenvalue weighted by atomic mass is 10.0. The molecule has 5 nitrogen and oxygen atoms in total. The maximum atomic E-state index is 12.3. The van der Waals surface area contributed by atoms with Gasteiger partial charge >= 0.3 is 11.9 Å². The molecule has 5 heteroatoms. The lowest BCUT2D eigenvalue weighted by Gasteiger charge is -2.15. The van der Waals surface area contributed by atoms with Gasteiger partial charge < -0.3 is 14.6 Å². The summed E-state index contributed by atoms with van der Waals surface area (Å²) in [5.41, 5.74) is 0. The minimum atomic E-state index is -0.792. The lowest BCUT2D eigenvalue weighted by Crippen LogP contribution is -2.28. The molecule has 0 aliphatic heterocycles. The Bertz CT molecular complexity index is 1450. The predicted octanol–water partition coefficient (Wildman–Crippen LogP) is 23.0. The molecule has 0 aromatic rings. The zero-order valence-electron chi connectivity index (χ0n) is 51.0. The van der Waals surface area contributed by atoms with E-state index in [9.17, 15) is 14.7 Å². The van der Waals surface area contributed by atoms with Crippen molar-refractivity contribution in [2.24, 2.45) is 0 Å². The van der Waals surface area contributed by atoms with Crippen LogP contribution in [0.15, 0.2) is 97.2 Å². The minimum absolute atomic E-state index is 0.0786. The number of esters is 2. The SMILES string of the molecule is CC/C=C\C/C=C\C/C=C\C/C=C\C/C=C\C/C=C\C/C=C\C/C=C\CCCCCCC(=O)OC(CO)COC(=O)CCCCCCCCCCCCCCCCCCCCCCCCCCCCCCCCCCCC. The second-order valence-corrected chi connectivity index (χ2v) is 22.2. The summed E-state index contributed by atoms with van der Waals surface area (Å²) in [6.07, 6.45) is 95.7. The van der Waals surface area contributed by atoms with E-state index < -0.39 is 6.10 Å². The van der Waals surface area contributed by atoms with Crippen LogP contribution in [0.5, 0.6) is 0 Å². The molecule has 444 valence electrons. The Morgan fingerprint density at radius 2 is 0.558 bits per heavy atom. The van der Waals surface area contributed by atoms with Crippen molar-refractivity contribution in [3.05, 3.63) is 97.2 Å². The molecule has 0 bridgehead atoms. The Hall–Kier alpha value is -3.18. The molecule has 0 spiro atoms. The molecule has 0 saturated carbocycles. The van der Waals surface area contributed by atoms with Gasteiger partial charge in [0.05, 0.1) is 6.61 Å².